The van der Waals surface area contributed by atoms with Gasteiger partial charge < -0.3 is 23.7 Å². The lowest BCUT2D eigenvalue weighted by molar-refractivity contribution is -0.0721. The Hall–Kier alpha value is 2.30. The van der Waals surface area contributed by atoms with Crippen molar-refractivity contribution >= 4 is 136 Å². The summed E-state index contributed by atoms with van der Waals surface area (Å²) >= 11 is 13.8. The van der Waals surface area contributed by atoms with E-state index in [0.717, 1.165) is 25.8 Å². The van der Waals surface area contributed by atoms with Gasteiger partial charge in [-0.3, -0.25) is 0 Å². The van der Waals surface area contributed by atoms with Crippen molar-refractivity contribution in [2.45, 2.75) is 13.2 Å². The van der Waals surface area contributed by atoms with E-state index in [4.69, 9.17) is 23.7 Å². The summed E-state index contributed by atoms with van der Waals surface area (Å²) in [6.45, 7) is 5.06. The molecule has 11 heteroatoms. The number of hydrogen-bond acceptors (Lipinski definition) is 5. The van der Waals surface area contributed by atoms with E-state index < -0.39 is 6.29 Å². The molecule has 5 nitrogen and oxygen atoms in total. The van der Waals surface area contributed by atoms with Crippen molar-refractivity contribution in [2.24, 2.45) is 0 Å². The van der Waals surface area contributed by atoms with E-state index in [-0.39, 0.29) is 6.61 Å². The Labute approximate surface area is 265 Å². The molecular weight excluding hydrogens is 1080 g/mol. The molecule has 0 heterocycles. The van der Waals surface area contributed by atoms with Gasteiger partial charge in [-0.1, -0.05) is 0 Å². The highest BCUT2D eigenvalue weighted by Crippen LogP contribution is 2.33. The number of benzene rings is 2. The summed E-state index contributed by atoms with van der Waals surface area (Å²) in [4.78, 5) is 0. The van der Waals surface area contributed by atoms with Crippen molar-refractivity contribution in [3.05, 3.63) is 45.7 Å². The van der Waals surface area contributed by atoms with Gasteiger partial charge in [0, 0.05) is 13.7 Å². The summed E-state index contributed by atoms with van der Waals surface area (Å²) < 4.78 is 35.7. The fourth-order valence-corrected chi connectivity index (χ4v) is 9.97. The van der Waals surface area contributed by atoms with E-state index in [9.17, 15) is 0 Å². The van der Waals surface area contributed by atoms with Gasteiger partial charge in [-0.2, -0.15) is 0 Å². The minimum Gasteiger partial charge on any atom is -0.450 e. The third-order valence-corrected chi connectivity index (χ3v) is 8.08. The van der Waals surface area contributed by atoms with Crippen LogP contribution in [0.4, 0.5) is 0 Å². The minimum absolute atomic E-state index is 0.283. The Morgan fingerprint density at radius 2 is 1.00 bits per heavy atom. The van der Waals surface area contributed by atoms with Crippen LogP contribution in [0.25, 0.3) is 0 Å². The largest absolute Gasteiger partial charge is 0.450 e. The van der Waals surface area contributed by atoms with Crippen LogP contribution in [0.1, 0.15) is 6.92 Å². The zero-order chi connectivity index (χ0) is 22.8. The van der Waals surface area contributed by atoms with Crippen LogP contribution in [0.3, 0.4) is 0 Å². The first kappa shape index (κ1) is 29.5. The first-order chi connectivity index (χ1) is 14.8. The van der Waals surface area contributed by atoms with Gasteiger partial charge in [0.15, 0.2) is 11.5 Å². The second-order valence-corrected chi connectivity index (χ2v) is 13.1. The Morgan fingerprint density at radius 1 is 0.613 bits per heavy atom. The maximum absolute atomic E-state index is 6.30. The second kappa shape index (κ2) is 16.1. The van der Waals surface area contributed by atoms with E-state index in [1.165, 1.54) is 7.14 Å². The molecule has 0 bridgehead atoms. The van der Waals surface area contributed by atoms with Crippen LogP contribution in [0.5, 0.6) is 11.5 Å². The molecule has 0 unspecified atom stereocenters. The van der Waals surface area contributed by atoms with Gasteiger partial charge >= 0.3 is 0 Å². The average Bonchev–Trinajstić information content (AvgIpc) is 2.68. The fraction of sp³-hybridized carbons (Fsp3) is 0.400. The highest BCUT2D eigenvalue weighted by Gasteiger charge is 2.20. The Bertz CT molecular complexity index is 745. The van der Waals surface area contributed by atoms with Crippen LogP contribution in [0.2, 0.25) is 0 Å². The van der Waals surface area contributed by atoms with Gasteiger partial charge in [0.25, 0.3) is 6.29 Å². The van der Waals surface area contributed by atoms with Gasteiger partial charge in [-0.15, -0.1) is 0 Å². The molecule has 172 valence electrons. The molecule has 0 amide bonds. The first-order valence-corrected chi connectivity index (χ1v) is 15.6. The maximum Gasteiger partial charge on any atom is 0.264 e. The van der Waals surface area contributed by atoms with Crippen LogP contribution < -0.4 is 9.47 Å². The smallest absolute Gasteiger partial charge is 0.264 e. The molecule has 0 aliphatic rings. The summed E-state index contributed by atoms with van der Waals surface area (Å²) in [6, 6.07) is 8.34. The monoisotopic (exact) mass is 1100 g/mol. The molecule has 0 saturated carbocycles. The van der Waals surface area contributed by atoms with Gasteiger partial charge in [-0.05, 0) is 167 Å². The van der Waals surface area contributed by atoms with Crippen LogP contribution in [0.15, 0.2) is 24.3 Å². The van der Waals surface area contributed by atoms with Gasteiger partial charge in [-0.25, -0.2) is 0 Å². The summed E-state index contributed by atoms with van der Waals surface area (Å²) in [5.41, 5.74) is 0. The Balaban J connectivity index is 2.06. The molecule has 2 aromatic carbocycles. The average molecular weight is 1100 g/mol. The number of hydrogen-bond donors (Lipinski definition) is 0. The quantitative estimate of drug-likeness (QED) is 0.121. The predicted molar refractivity (Wildman–Crippen MR) is 172 cm³/mol. The lowest BCUT2D eigenvalue weighted by Gasteiger charge is -2.23. The van der Waals surface area contributed by atoms with Crippen molar-refractivity contribution in [2.75, 3.05) is 39.6 Å². The summed E-state index contributed by atoms with van der Waals surface area (Å²) in [5.74, 6) is 1.61. The highest BCUT2D eigenvalue weighted by atomic mass is 127. The summed E-state index contributed by atoms with van der Waals surface area (Å²) in [5, 5.41) is 0. The standard InChI is InChI=1S/C20H20I6O5/c1-2-27-3-4-28-5-6-29-11-18(30-19-14(23)7-12(21)8-15(19)24)31-20-16(25)9-13(22)10-17(20)26/h7-10,18H,2-6,11H2,1H3. The Kier molecular flexibility index (Phi) is 15.4. The minimum atomic E-state index is -0.590. The molecule has 0 atom stereocenters. The summed E-state index contributed by atoms with van der Waals surface area (Å²) in [7, 11) is 0. The van der Waals surface area contributed by atoms with Crippen molar-refractivity contribution in [3.63, 3.8) is 0 Å². The van der Waals surface area contributed by atoms with Crippen molar-refractivity contribution in [3.8, 4) is 11.5 Å². The molecule has 0 aliphatic heterocycles. The zero-order valence-corrected chi connectivity index (χ0v) is 29.4. The molecule has 2 aromatic rings. The summed E-state index contributed by atoms with van der Waals surface area (Å²) in [6.07, 6.45) is -0.590. The van der Waals surface area contributed by atoms with E-state index in [0.29, 0.717) is 33.0 Å². The molecule has 0 aliphatic carbocycles. The second-order valence-electron chi connectivity index (χ2n) is 5.95. The third-order valence-electron chi connectivity index (χ3n) is 3.63. The molecule has 0 radical (unpaired) electrons. The van der Waals surface area contributed by atoms with Crippen LogP contribution in [-0.4, -0.2) is 45.9 Å². The van der Waals surface area contributed by atoms with Crippen LogP contribution in [0, 0.1) is 21.4 Å². The van der Waals surface area contributed by atoms with E-state index in [2.05, 4.69) is 160 Å². The molecule has 2 rings (SSSR count). The molecule has 31 heavy (non-hydrogen) atoms. The molecular formula is C20H20I6O5. The number of ether oxygens (including phenoxy) is 5. The molecule has 0 fully saturated rings. The molecule has 0 N–H and O–H groups in total. The Morgan fingerprint density at radius 3 is 1.42 bits per heavy atom. The van der Waals surface area contributed by atoms with Gasteiger partial charge in [0.05, 0.1) is 40.7 Å². The third kappa shape index (κ3) is 10.8. The van der Waals surface area contributed by atoms with Crippen molar-refractivity contribution in [1.29, 1.82) is 0 Å². The van der Waals surface area contributed by atoms with E-state index in [1.54, 1.807) is 0 Å². The lowest BCUT2D eigenvalue weighted by Crippen LogP contribution is -2.31. The molecule has 0 aromatic heterocycles. The number of rotatable bonds is 13. The lowest BCUT2D eigenvalue weighted by atomic mass is 10.3. The van der Waals surface area contributed by atoms with Crippen LogP contribution >= 0.6 is 136 Å². The highest BCUT2D eigenvalue weighted by molar-refractivity contribution is 14.1. The van der Waals surface area contributed by atoms with Gasteiger partial charge in [0.2, 0.25) is 0 Å². The topological polar surface area (TPSA) is 46.2 Å². The van der Waals surface area contributed by atoms with Crippen molar-refractivity contribution in [1.82, 2.24) is 0 Å². The van der Waals surface area contributed by atoms with E-state index >= 15 is 0 Å². The van der Waals surface area contributed by atoms with Gasteiger partial charge in [0.1, 0.15) is 6.61 Å². The molecule has 0 saturated heterocycles. The predicted octanol–water partition coefficient (Wildman–Crippen LogP) is 7.17. The number of halogens is 6. The molecule has 0 spiro atoms. The van der Waals surface area contributed by atoms with Crippen molar-refractivity contribution < 1.29 is 23.7 Å². The van der Waals surface area contributed by atoms with E-state index in [1.807, 2.05) is 6.92 Å². The normalized spacial score (nSPS) is 11.2. The maximum atomic E-state index is 6.30. The first-order valence-electron chi connectivity index (χ1n) is 9.17. The SMILES string of the molecule is CCOCCOCCOCC(Oc1c(I)cc(I)cc1I)Oc1c(I)cc(I)cc1I. The van der Waals surface area contributed by atoms with Crippen LogP contribution in [-0.2, 0) is 14.2 Å². The zero-order valence-electron chi connectivity index (χ0n) is 16.4. The fourth-order valence-electron chi connectivity index (χ4n) is 2.30.